The lowest BCUT2D eigenvalue weighted by Crippen LogP contribution is -2.40. The van der Waals surface area contributed by atoms with Gasteiger partial charge in [-0.3, -0.25) is 15.0 Å². The zero-order chi connectivity index (χ0) is 19.3. The van der Waals surface area contributed by atoms with Gasteiger partial charge < -0.3 is 5.32 Å². The summed E-state index contributed by atoms with van der Waals surface area (Å²) in [7, 11) is 1.64. The molecule has 3 amide bonds. The van der Waals surface area contributed by atoms with Crippen LogP contribution in [-0.2, 0) is 11.3 Å². The Bertz CT molecular complexity index is 806. The number of hydrogen-bond donors (Lipinski definition) is 2. The molecule has 7 heteroatoms. The van der Waals surface area contributed by atoms with E-state index in [1.54, 1.807) is 24.1 Å². The quantitative estimate of drug-likeness (QED) is 0.831. The first kappa shape index (κ1) is 19.9. The largest absolute Gasteiger partial charge is 0.325 e. The first-order valence-electron chi connectivity index (χ1n) is 8.06. The monoisotopic (exact) mass is 377 g/mol. The maximum Gasteiger partial charge on any atom is 0.325 e. The van der Waals surface area contributed by atoms with E-state index < -0.39 is 17.8 Å². The predicted molar refractivity (Wildman–Crippen MR) is 101 cm³/mol. The van der Waals surface area contributed by atoms with Crippen LogP contribution in [0.3, 0.4) is 0 Å². The molecule has 0 radical (unpaired) electrons. The van der Waals surface area contributed by atoms with E-state index in [0.29, 0.717) is 16.3 Å². The van der Waals surface area contributed by atoms with Gasteiger partial charge in [-0.2, -0.15) is 0 Å². The van der Waals surface area contributed by atoms with Crippen molar-refractivity contribution in [2.24, 2.45) is 0 Å². The molecule has 0 spiro atoms. The number of anilines is 1. The third-order valence-electron chi connectivity index (χ3n) is 4.01. The fraction of sp³-hybridized carbons (Fsp3) is 0.263. The summed E-state index contributed by atoms with van der Waals surface area (Å²) in [4.78, 5) is 25.6. The van der Waals surface area contributed by atoms with E-state index in [1.807, 2.05) is 26.0 Å². The zero-order valence-electron chi connectivity index (χ0n) is 14.9. The van der Waals surface area contributed by atoms with Gasteiger partial charge >= 0.3 is 6.03 Å². The molecule has 0 aliphatic rings. The van der Waals surface area contributed by atoms with Crippen molar-refractivity contribution in [3.05, 3.63) is 63.9 Å². The average Bonchev–Trinajstić information content (AvgIpc) is 2.55. The Morgan fingerprint density at radius 3 is 2.54 bits per heavy atom. The molecule has 0 heterocycles. The zero-order valence-corrected chi connectivity index (χ0v) is 15.7. The van der Waals surface area contributed by atoms with Gasteiger partial charge in [-0.1, -0.05) is 29.8 Å². The second-order valence-corrected chi connectivity index (χ2v) is 6.53. The van der Waals surface area contributed by atoms with Crippen molar-refractivity contribution in [2.75, 3.05) is 18.9 Å². The summed E-state index contributed by atoms with van der Waals surface area (Å²) < 4.78 is 13.8. The van der Waals surface area contributed by atoms with E-state index in [4.69, 9.17) is 11.6 Å². The molecule has 2 N–H and O–H groups in total. The number of hydrogen-bond acceptors (Lipinski definition) is 3. The highest BCUT2D eigenvalue weighted by molar-refractivity contribution is 6.31. The molecule has 0 fully saturated rings. The van der Waals surface area contributed by atoms with Gasteiger partial charge in [0, 0.05) is 22.8 Å². The minimum Gasteiger partial charge on any atom is -0.307 e. The number of aryl methyl sites for hydroxylation is 1. The topological polar surface area (TPSA) is 61.4 Å². The maximum atomic E-state index is 13.8. The molecule has 0 atom stereocenters. The SMILES string of the molecule is Cc1cccc(NC(=O)NC(=O)CN(C)Cc2c(F)cccc2Cl)c1C. The highest BCUT2D eigenvalue weighted by atomic mass is 35.5. The molecule has 0 bridgehead atoms. The molecular formula is C19H21ClFN3O2. The van der Waals surface area contributed by atoms with Crippen molar-refractivity contribution in [3.8, 4) is 0 Å². The predicted octanol–water partition coefficient (Wildman–Crippen LogP) is 3.88. The van der Waals surface area contributed by atoms with Gasteiger partial charge in [0.2, 0.25) is 5.91 Å². The summed E-state index contributed by atoms with van der Waals surface area (Å²) in [5, 5.41) is 5.21. The third kappa shape index (κ3) is 5.28. The van der Waals surface area contributed by atoms with Crippen molar-refractivity contribution in [2.45, 2.75) is 20.4 Å². The molecule has 0 unspecified atom stereocenters. The first-order chi connectivity index (χ1) is 12.3. The van der Waals surface area contributed by atoms with Gasteiger partial charge in [0.25, 0.3) is 0 Å². The van der Waals surface area contributed by atoms with Gasteiger partial charge in [-0.05, 0) is 50.2 Å². The standard InChI is InChI=1S/C19H21ClFN3O2/c1-12-6-4-9-17(13(12)2)22-19(26)23-18(25)11-24(3)10-14-15(20)7-5-8-16(14)21/h4-9H,10-11H2,1-3H3,(H2,22,23,25,26). The fourth-order valence-corrected chi connectivity index (χ4v) is 2.68. The number of nitrogens with zero attached hydrogens (tertiary/aromatic N) is 1. The van der Waals surface area contributed by atoms with Crippen LogP contribution >= 0.6 is 11.6 Å². The number of amides is 3. The van der Waals surface area contributed by atoms with E-state index in [-0.39, 0.29) is 13.1 Å². The summed E-state index contributed by atoms with van der Waals surface area (Å²) in [6, 6.07) is 9.33. The summed E-state index contributed by atoms with van der Waals surface area (Å²) in [6.45, 7) is 3.90. The molecule has 0 aliphatic heterocycles. The molecule has 2 aromatic carbocycles. The van der Waals surface area contributed by atoms with Crippen molar-refractivity contribution in [3.63, 3.8) is 0 Å². The highest BCUT2D eigenvalue weighted by Gasteiger charge is 2.14. The normalized spacial score (nSPS) is 10.7. The molecule has 2 rings (SSSR count). The van der Waals surface area contributed by atoms with Crippen molar-refractivity contribution in [1.29, 1.82) is 0 Å². The van der Waals surface area contributed by atoms with Gasteiger partial charge in [-0.25, -0.2) is 9.18 Å². The highest BCUT2D eigenvalue weighted by Crippen LogP contribution is 2.20. The fourth-order valence-electron chi connectivity index (χ4n) is 2.46. The summed E-state index contributed by atoms with van der Waals surface area (Å²) in [5.74, 6) is -0.930. The lowest BCUT2D eigenvalue weighted by molar-refractivity contribution is -0.120. The number of imide groups is 1. The molecule has 0 saturated heterocycles. The van der Waals surface area contributed by atoms with Crippen molar-refractivity contribution in [1.82, 2.24) is 10.2 Å². The van der Waals surface area contributed by atoms with E-state index >= 15 is 0 Å². The van der Waals surface area contributed by atoms with Gasteiger partial charge in [0.15, 0.2) is 0 Å². The van der Waals surface area contributed by atoms with Crippen LogP contribution in [0.2, 0.25) is 5.02 Å². The molecule has 0 aromatic heterocycles. The van der Waals surface area contributed by atoms with Crippen LogP contribution in [0.4, 0.5) is 14.9 Å². The lowest BCUT2D eigenvalue weighted by Gasteiger charge is -2.17. The van der Waals surface area contributed by atoms with E-state index in [0.717, 1.165) is 11.1 Å². The van der Waals surface area contributed by atoms with Crippen LogP contribution in [0.5, 0.6) is 0 Å². The Morgan fingerprint density at radius 2 is 1.85 bits per heavy atom. The van der Waals surface area contributed by atoms with Crippen LogP contribution in [0.1, 0.15) is 16.7 Å². The van der Waals surface area contributed by atoms with E-state index in [1.165, 1.54) is 12.1 Å². The molecule has 0 saturated carbocycles. The van der Waals surface area contributed by atoms with Crippen LogP contribution in [0.25, 0.3) is 0 Å². The Morgan fingerprint density at radius 1 is 1.15 bits per heavy atom. The minimum atomic E-state index is -0.610. The van der Waals surface area contributed by atoms with Crippen LogP contribution < -0.4 is 10.6 Å². The molecule has 26 heavy (non-hydrogen) atoms. The summed E-state index contributed by atoms with van der Waals surface area (Å²) in [6.07, 6.45) is 0. The summed E-state index contributed by atoms with van der Waals surface area (Å²) >= 11 is 5.98. The first-order valence-corrected chi connectivity index (χ1v) is 8.44. The number of likely N-dealkylation sites (N-methyl/N-ethyl adjacent to an activating group) is 1. The van der Waals surface area contributed by atoms with Gasteiger partial charge in [0.05, 0.1) is 6.54 Å². The van der Waals surface area contributed by atoms with Crippen molar-refractivity contribution < 1.29 is 14.0 Å². The number of benzene rings is 2. The number of carbonyl (C=O) groups is 2. The molecular weight excluding hydrogens is 357 g/mol. The second kappa shape index (κ2) is 8.78. The Kier molecular flexibility index (Phi) is 6.71. The van der Waals surface area contributed by atoms with Gasteiger partial charge in [0.1, 0.15) is 5.82 Å². The number of carbonyl (C=O) groups excluding carboxylic acids is 2. The Hall–Kier alpha value is -2.44. The smallest absolute Gasteiger partial charge is 0.307 e. The van der Waals surface area contributed by atoms with E-state index in [9.17, 15) is 14.0 Å². The molecule has 5 nitrogen and oxygen atoms in total. The van der Waals surface area contributed by atoms with E-state index in [2.05, 4.69) is 10.6 Å². The lowest BCUT2D eigenvalue weighted by atomic mass is 10.1. The van der Waals surface area contributed by atoms with Crippen LogP contribution in [-0.4, -0.2) is 30.4 Å². The number of nitrogens with one attached hydrogen (secondary N) is 2. The maximum absolute atomic E-state index is 13.8. The summed E-state index contributed by atoms with van der Waals surface area (Å²) in [5.41, 5.74) is 2.92. The molecule has 0 aliphatic carbocycles. The number of rotatable bonds is 5. The molecule has 138 valence electrons. The second-order valence-electron chi connectivity index (χ2n) is 6.12. The third-order valence-corrected chi connectivity index (χ3v) is 4.36. The number of halogens is 2. The number of urea groups is 1. The average molecular weight is 378 g/mol. The molecule has 2 aromatic rings. The van der Waals surface area contributed by atoms with Crippen LogP contribution in [0, 0.1) is 19.7 Å². The Labute approximate surface area is 157 Å². The Balaban J connectivity index is 1.89. The minimum absolute atomic E-state index is 0.0785. The van der Waals surface area contributed by atoms with Crippen LogP contribution in [0.15, 0.2) is 36.4 Å². The van der Waals surface area contributed by atoms with Gasteiger partial charge in [-0.15, -0.1) is 0 Å². The van der Waals surface area contributed by atoms with Crippen molar-refractivity contribution >= 4 is 29.2 Å².